The minimum Gasteiger partial charge on any atom is -0.323 e. The molecule has 7 heteroatoms. The summed E-state index contributed by atoms with van der Waals surface area (Å²) in [6, 6.07) is 15.7. The number of nitrogens with zero attached hydrogens (tertiary/aromatic N) is 1. The molecule has 0 bridgehead atoms. The maximum absolute atomic E-state index is 13.7. The predicted octanol–water partition coefficient (Wildman–Crippen LogP) is 3.13. The number of benzene rings is 3. The average molecular weight is 356 g/mol. The Kier molecular flexibility index (Phi) is 3.47. The smallest absolute Gasteiger partial charge is 0.265 e. The monoisotopic (exact) mass is 356 g/mol. The van der Waals surface area contributed by atoms with Crippen LogP contribution >= 0.6 is 0 Å². The summed E-state index contributed by atoms with van der Waals surface area (Å²) < 4.78 is 41.1. The minimum absolute atomic E-state index is 0.0792. The van der Waals surface area contributed by atoms with E-state index in [0.29, 0.717) is 5.39 Å². The van der Waals surface area contributed by atoms with Crippen LogP contribution in [0.1, 0.15) is 0 Å². The van der Waals surface area contributed by atoms with E-state index in [1.165, 1.54) is 18.2 Å². The molecule has 0 radical (unpaired) electrons. The van der Waals surface area contributed by atoms with E-state index in [-0.39, 0.29) is 16.3 Å². The highest BCUT2D eigenvalue weighted by Gasteiger charge is 2.33. The third kappa shape index (κ3) is 2.53. The maximum atomic E-state index is 13.7. The van der Waals surface area contributed by atoms with Gasteiger partial charge in [-0.05, 0) is 23.6 Å². The third-order valence-corrected chi connectivity index (χ3v) is 5.93. The SMILES string of the molecule is O=C1CN(S(=O)(=O)c2cccc3ccccc23)c2cc(F)ccc2N1. The normalized spacial score (nSPS) is 14.3. The number of fused-ring (bicyclic) bond motifs is 2. The molecule has 0 atom stereocenters. The summed E-state index contributed by atoms with van der Waals surface area (Å²) in [4.78, 5) is 12.0. The Labute approximate surface area is 143 Å². The lowest BCUT2D eigenvalue weighted by Crippen LogP contribution is -2.42. The van der Waals surface area contributed by atoms with Gasteiger partial charge in [-0.3, -0.25) is 9.10 Å². The van der Waals surface area contributed by atoms with Crippen LogP contribution in [0.3, 0.4) is 0 Å². The van der Waals surface area contributed by atoms with Crippen LogP contribution < -0.4 is 9.62 Å². The molecule has 1 N–H and O–H groups in total. The van der Waals surface area contributed by atoms with Crippen molar-refractivity contribution in [3.8, 4) is 0 Å². The molecular formula is C18H13FN2O3S. The van der Waals surface area contributed by atoms with Crippen LogP contribution in [0.15, 0.2) is 65.6 Å². The molecule has 1 aliphatic rings. The standard InChI is InChI=1S/C18H13FN2O3S/c19-13-8-9-15-16(10-13)21(11-18(22)20-15)25(23,24)17-7-3-5-12-4-1-2-6-14(12)17/h1-10H,11H2,(H,20,22). The molecule has 0 fully saturated rings. The zero-order chi connectivity index (χ0) is 17.6. The number of carbonyl (C=O) groups is 1. The molecule has 1 amide bonds. The van der Waals surface area contributed by atoms with E-state index in [9.17, 15) is 17.6 Å². The zero-order valence-electron chi connectivity index (χ0n) is 12.9. The van der Waals surface area contributed by atoms with Crippen molar-refractivity contribution in [3.63, 3.8) is 0 Å². The molecule has 3 aromatic rings. The second-order valence-corrected chi connectivity index (χ2v) is 7.53. The van der Waals surface area contributed by atoms with Crippen molar-refractivity contribution in [2.45, 2.75) is 4.90 Å². The molecule has 0 unspecified atom stereocenters. The first-order chi connectivity index (χ1) is 12.0. The molecule has 0 spiro atoms. The number of nitrogens with one attached hydrogen (secondary N) is 1. The van der Waals surface area contributed by atoms with Crippen molar-refractivity contribution in [2.24, 2.45) is 0 Å². The van der Waals surface area contributed by atoms with Crippen molar-refractivity contribution in [1.82, 2.24) is 0 Å². The summed E-state index contributed by atoms with van der Waals surface area (Å²) in [5.41, 5.74) is 0.383. The molecule has 5 nitrogen and oxygen atoms in total. The predicted molar refractivity (Wildman–Crippen MR) is 93.5 cm³/mol. The number of hydrogen-bond donors (Lipinski definition) is 1. The highest BCUT2D eigenvalue weighted by atomic mass is 32.2. The quantitative estimate of drug-likeness (QED) is 0.767. The topological polar surface area (TPSA) is 66.5 Å². The van der Waals surface area contributed by atoms with Crippen LogP contribution in [0.4, 0.5) is 15.8 Å². The van der Waals surface area contributed by atoms with E-state index in [4.69, 9.17) is 0 Å². The van der Waals surface area contributed by atoms with Gasteiger partial charge in [0.2, 0.25) is 5.91 Å². The molecule has 1 heterocycles. The molecule has 25 heavy (non-hydrogen) atoms. The second kappa shape index (κ2) is 5.56. The minimum atomic E-state index is -4.05. The summed E-state index contributed by atoms with van der Waals surface area (Å²) in [5.74, 6) is -1.05. The van der Waals surface area contributed by atoms with Crippen LogP contribution in [0, 0.1) is 5.82 Å². The van der Waals surface area contributed by atoms with Gasteiger partial charge in [-0.1, -0.05) is 36.4 Å². The van der Waals surface area contributed by atoms with Gasteiger partial charge in [0.15, 0.2) is 0 Å². The van der Waals surface area contributed by atoms with Gasteiger partial charge in [0.05, 0.1) is 16.3 Å². The molecular weight excluding hydrogens is 343 g/mol. The van der Waals surface area contributed by atoms with Gasteiger partial charge in [-0.25, -0.2) is 12.8 Å². The third-order valence-electron chi connectivity index (χ3n) is 4.11. The van der Waals surface area contributed by atoms with E-state index >= 15 is 0 Å². The van der Waals surface area contributed by atoms with Gasteiger partial charge >= 0.3 is 0 Å². The highest BCUT2D eigenvalue weighted by Crippen LogP contribution is 2.35. The lowest BCUT2D eigenvalue weighted by atomic mass is 10.1. The van der Waals surface area contributed by atoms with Gasteiger partial charge in [0, 0.05) is 11.5 Å². The van der Waals surface area contributed by atoms with Crippen molar-refractivity contribution in [2.75, 3.05) is 16.2 Å². The van der Waals surface area contributed by atoms with Gasteiger partial charge in [-0.2, -0.15) is 0 Å². The maximum Gasteiger partial charge on any atom is 0.265 e. The average Bonchev–Trinajstić information content (AvgIpc) is 2.61. The van der Waals surface area contributed by atoms with Crippen molar-refractivity contribution >= 4 is 38.1 Å². The summed E-state index contributed by atoms with van der Waals surface area (Å²) in [5, 5.41) is 3.88. The summed E-state index contributed by atoms with van der Waals surface area (Å²) >= 11 is 0. The molecule has 3 aromatic carbocycles. The Hall–Kier alpha value is -2.93. The van der Waals surface area contributed by atoms with Crippen molar-refractivity contribution in [3.05, 3.63) is 66.5 Å². The number of carbonyl (C=O) groups excluding carboxylic acids is 1. The fourth-order valence-electron chi connectivity index (χ4n) is 2.98. The first kappa shape index (κ1) is 15.6. The lowest BCUT2D eigenvalue weighted by Gasteiger charge is -2.30. The molecule has 0 aliphatic carbocycles. The van der Waals surface area contributed by atoms with Crippen LogP contribution in [0.2, 0.25) is 0 Å². The zero-order valence-corrected chi connectivity index (χ0v) is 13.8. The van der Waals surface area contributed by atoms with E-state index in [0.717, 1.165) is 15.8 Å². The van der Waals surface area contributed by atoms with Gasteiger partial charge in [0.25, 0.3) is 10.0 Å². The molecule has 126 valence electrons. The van der Waals surface area contributed by atoms with Crippen molar-refractivity contribution in [1.29, 1.82) is 0 Å². The number of hydrogen-bond acceptors (Lipinski definition) is 3. The second-order valence-electron chi connectivity index (χ2n) is 5.70. The Morgan fingerprint density at radius 3 is 2.60 bits per heavy atom. The van der Waals surface area contributed by atoms with E-state index < -0.39 is 28.3 Å². The van der Waals surface area contributed by atoms with Crippen LogP contribution in [0.25, 0.3) is 10.8 Å². The number of rotatable bonds is 2. The van der Waals surface area contributed by atoms with E-state index in [2.05, 4.69) is 5.32 Å². The lowest BCUT2D eigenvalue weighted by molar-refractivity contribution is -0.115. The fourth-order valence-corrected chi connectivity index (χ4v) is 4.62. The molecule has 0 aromatic heterocycles. The molecule has 4 rings (SSSR count). The van der Waals surface area contributed by atoms with Gasteiger partial charge in [-0.15, -0.1) is 0 Å². The van der Waals surface area contributed by atoms with Crippen LogP contribution in [-0.4, -0.2) is 20.9 Å². The number of halogens is 1. The van der Waals surface area contributed by atoms with E-state index in [1.807, 2.05) is 18.2 Å². The first-order valence-electron chi connectivity index (χ1n) is 7.57. The van der Waals surface area contributed by atoms with Crippen LogP contribution in [-0.2, 0) is 14.8 Å². The number of anilines is 2. The fraction of sp³-hybridized carbons (Fsp3) is 0.0556. The Morgan fingerprint density at radius 1 is 1.00 bits per heavy atom. The first-order valence-corrected chi connectivity index (χ1v) is 9.01. The Bertz CT molecular complexity index is 1110. The largest absolute Gasteiger partial charge is 0.323 e. The van der Waals surface area contributed by atoms with E-state index in [1.54, 1.807) is 18.2 Å². The number of sulfonamides is 1. The summed E-state index contributed by atoms with van der Waals surface area (Å²) in [6.45, 7) is -0.401. The molecule has 1 aliphatic heterocycles. The summed E-state index contributed by atoms with van der Waals surface area (Å²) in [7, 11) is -4.05. The van der Waals surface area contributed by atoms with Gasteiger partial charge < -0.3 is 5.32 Å². The Morgan fingerprint density at radius 2 is 1.76 bits per heavy atom. The highest BCUT2D eigenvalue weighted by molar-refractivity contribution is 7.93. The molecule has 0 saturated carbocycles. The van der Waals surface area contributed by atoms with Gasteiger partial charge in [0.1, 0.15) is 12.4 Å². The Balaban J connectivity index is 1.94. The number of amides is 1. The molecule has 0 saturated heterocycles. The van der Waals surface area contributed by atoms with Crippen LogP contribution in [0.5, 0.6) is 0 Å². The summed E-state index contributed by atoms with van der Waals surface area (Å²) in [6.07, 6.45) is 0. The van der Waals surface area contributed by atoms with Crippen molar-refractivity contribution < 1.29 is 17.6 Å².